The summed E-state index contributed by atoms with van der Waals surface area (Å²) in [6, 6.07) is 6.49. The van der Waals surface area contributed by atoms with E-state index in [0.29, 0.717) is 16.4 Å². The highest BCUT2D eigenvalue weighted by molar-refractivity contribution is 7.13. The van der Waals surface area contributed by atoms with Crippen molar-refractivity contribution in [1.29, 1.82) is 0 Å². The average molecular weight is 340 g/mol. The van der Waals surface area contributed by atoms with Crippen LogP contribution in [-0.2, 0) is 0 Å². The van der Waals surface area contributed by atoms with E-state index in [1.54, 1.807) is 36.1 Å². The van der Waals surface area contributed by atoms with Gasteiger partial charge in [-0.05, 0) is 24.1 Å². The van der Waals surface area contributed by atoms with E-state index in [1.165, 1.54) is 23.5 Å². The van der Waals surface area contributed by atoms with Gasteiger partial charge in [-0.15, -0.1) is 11.3 Å². The first-order valence-corrected chi connectivity index (χ1v) is 8.37. The molecule has 4 rings (SSSR count). The van der Waals surface area contributed by atoms with E-state index >= 15 is 0 Å². The van der Waals surface area contributed by atoms with Crippen LogP contribution >= 0.6 is 11.3 Å². The van der Waals surface area contributed by atoms with Crippen LogP contribution in [0.3, 0.4) is 0 Å². The minimum absolute atomic E-state index is 0.0737. The van der Waals surface area contributed by atoms with E-state index < -0.39 is 0 Å². The highest BCUT2D eigenvalue weighted by Gasteiger charge is 2.39. The van der Waals surface area contributed by atoms with Gasteiger partial charge in [0.2, 0.25) is 0 Å². The summed E-state index contributed by atoms with van der Waals surface area (Å²) in [6.45, 7) is 0. The van der Waals surface area contributed by atoms with Crippen molar-refractivity contribution in [2.75, 3.05) is 0 Å². The number of benzene rings is 1. The van der Waals surface area contributed by atoms with Gasteiger partial charge in [-0.2, -0.15) is 0 Å². The number of aromatic nitrogens is 3. The summed E-state index contributed by atoms with van der Waals surface area (Å²) in [4.78, 5) is 24.8. The van der Waals surface area contributed by atoms with Crippen molar-refractivity contribution in [2.24, 2.45) is 0 Å². The van der Waals surface area contributed by atoms with Crippen LogP contribution in [-0.4, -0.2) is 26.9 Å². The molecule has 1 aliphatic rings. The van der Waals surface area contributed by atoms with Crippen LogP contribution in [0.4, 0.5) is 4.39 Å². The maximum absolute atomic E-state index is 13.0. The van der Waals surface area contributed by atoms with Crippen LogP contribution in [0.25, 0.3) is 10.7 Å². The Hall–Kier alpha value is -2.67. The first kappa shape index (κ1) is 14.9. The van der Waals surface area contributed by atoms with Crippen molar-refractivity contribution in [3.05, 3.63) is 65.3 Å². The molecule has 0 aliphatic heterocycles. The lowest BCUT2D eigenvalue weighted by Gasteiger charge is -2.03. The van der Waals surface area contributed by atoms with Gasteiger partial charge in [0.1, 0.15) is 22.2 Å². The quantitative estimate of drug-likeness (QED) is 0.793. The monoisotopic (exact) mass is 340 g/mol. The van der Waals surface area contributed by atoms with E-state index in [1.807, 2.05) is 0 Å². The Labute approximate surface area is 141 Å². The van der Waals surface area contributed by atoms with E-state index in [4.69, 9.17) is 0 Å². The van der Waals surface area contributed by atoms with Crippen LogP contribution in [0.1, 0.15) is 28.4 Å². The molecule has 7 heteroatoms. The fraction of sp³-hybridized carbons (Fsp3) is 0.176. The summed E-state index contributed by atoms with van der Waals surface area (Å²) < 4.78 is 13.0. The Morgan fingerprint density at radius 2 is 2.08 bits per heavy atom. The van der Waals surface area contributed by atoms with Gasteiger partial charge in [0.25, 0.3) is 5.91 Å². The van der Waals surface area contributed by atoms with E-state index in [9.17, 15) is 9.18 Å². The fourth-order valence-electron chi connectivity index (χ4n) is 2.58. The van der Waals surface area contributed by atoms with Crippen molar-refractivity contribution in [3.63, 3.8) is 0 Å². The van der Waals surface area contributed by atoms with Gasteiger partial charge < -0.3 is 5.32 Å². The van der Waals surface area contributed by atoms with Crippen LogP contribution in [0.5, 0.6) is 0 Å². The summed E-state index contributed by atoms with van der Waals surface area (Å²) >= 11 is 1.36. The molecule has 1 saturated carbocycles. The van der Waals surface area contributed by atoms with E-state index in [0.717, 1.165) is 12.0 Å². The van der Waals surface area contributed by atoms with Crippen molar-refractivity contribution in [3.8, 4) is 10.7 Å². The van der Waals surface area contributed by atoms with Crippen LogP contribution < -0.4 is 5.32 Å². The minimum atomic E-state index is -0.251. The van der Waals surface area contributed by atoms with Crippen molar-refractivity contribution in [2.45, 2.75) is 18.4 Å². The molecule has 120 valence electrons. The van der Waals surface area contributed by atoms with Crippen molar-refractivity contribution >= 4 is 17.2 Å². The molecule has 2 atom stereocenters. The lowest BCUT2D eigenvalue weighted by Crippen LogP contribution is -2.26. The Morgan fingerprint density at radius 3 is 2.83 bits per heavy atom. The van der Waals surface area contributed by atoms with Gasteiger partial charge in [0.15, 0.2) is 0 Å². The minimum Gasteiger partial charge on any atom is -0.347 e. The summed E-state index contributed by atoms with van der Waals surface area (Å²) in [7, 11) is 0. The standard InChI is InChI=1S/C17H13FN4OS/c18-11-3-1-10(2-4-11)12-7-13(12)21-16(23)15-9-24-17(22-15)14-8-19-5-6-20-14/h1-6,8-9,12-13H,7H2,(H,21,23). The predicted octanol–water partition coefficient (Wildman–Crippen LogP) is 3.03. The average Bonchev–Trinajstić information content (AvgIpc) is 3.19. The molecule has 1 fully saturated rings. The van der Waals surface area contributed by atoms with Crippen LogP contribution in [0, 0.1) is 5.82 Å². The highest BCUT2D eigenvalue weighted by Crippen LogP contribution is 2.40. The molecule has 0 bridgehead atoms. The van der Waals surface area contributed by atoms with Crippen LogP contribution in [0.15, 0.2) is 48.2 Å². The lowest BCUT2D eigenvalue weighted by atomic mass is 10.1. The van der Waals surface area contributed by atoms with E-state index in [-0.39, 0.29) is 23.7 Å². The van der Waals surface area contributed by atoms with Crippen LogP contribution in [0.2, 0.25) is 0 Å². The molecule has 2 unspecified atom stereocenters. The third-order valence-corrected chi connectivity index (χ3v) is 4.79. The molecule has 1 aliphatic carbocycles. The second kappa shape index (κ2) is 6.09. The Morgan fingerprint density at radius 1 is 1.25 bits per heavy atom. The zero-order valence-electron chi connectivity index (χ0n) is 12.5. The maximum Gasteiger partial charge on any atom is 0.271 e. The zero-order valence-corrected chi connectivity index (χ0v) is 13.3. The smallest absolute Gasteiger partial charge is 0.271 e. The molecule has 1 aromatic carbocycles. The van der Waals surface area contributed by atoms with Crippen molar-refractivity contribution < 1.29 is 9.18 Å². The predicted molar refractivity (Wildman–Crippen MR) is 88.2 cm³/mol. The number of hydrogen-bond acceptors (Lipinski definition) is 5. The molecule has 5 nitrogen and oxygen atoms in total. The molecule has 3 aromatic rings. The van der Waals surface area contributed by atoms with Crippen molar-refractivity contribution in [1.82, 2.24) is 20.3 Å². The normalized spacial score (nSPS) is 19.0. The second-order valence-electron chi connectivity index (χ2n) is 5.60. The molecule has 0 radical (unpaired) electrons. The largest absolute Gasteiger partial charge is 0.347 e. The summed E-state index contributed by atoms with van der Waals surface area (Å²) in [5.74, 6) is -0.206. The van der Waals surface area contributed by atoms with Gasteiger partial charge in [-0.1, -0.05) is 12.1 Å². The third kappa shape index (κ3) is 3.03. The molecule has 0 spiro atoms. The number of amides is 1. The summed E-state index contributed by atoms with van der Waals surface area (Å²) in [6.07, 6.45) is 5.66. The number of carbonyl (C=O) groups excluding carboxylic acids is 1. The molecule has 2 heterocycles. The third-order valence-electron chi connectivity index (χ3n) is 3.92. The fourth-order valence-corrected chi connectivity index (χ4v) is 3.34. The molecule has 24 heavy (non-hydrogen) atoms. The first-order valence-electron chi connectivity index (χ1n) is 7.49. The number of nitrogens with zero attached hydrogens (tertiary/aromatic N) is 3. The molecule has 0 saturated heterocycles. The van der Waals surface area contributed by atoms with Gasteiger partial charge in [0, 0.05) is 29.7 Å². The Bertz CT molecular complexity index is 866. The Balaban J connectivity index is 1.41. The van der Waals surface area contributed by atoms with Gasteiger partial charge in [0.05, 0.1) is 6.20 Å². The highest BCUT2D eigenvalue weighted by atomic mass is 32.1. The zero-order chi connectivity index (χ0) is 16.5. The molecular formula is C17H13FN4OS. The molecule has 1 N–H and O–H groups in total. The van der Waals surface area contributed by atoms with Gasteiger partial charge >= 0.3 is 0 Å². The molecular weight excluding hydrogens is 327 g/mol. The number of hydrogen-bond donors (Lipinski definition) is 1. The number of nitrogens with one attached hydrogen (secondary N) is 1. The maximum atomic E-state index is 13.0. The number of halogens is 1. The second-order valence-corrected chi connectivity index (χ2v) is 6.46. The number of rotatable bonds is 4. The van der Waals surface area contributed by atoms with Gasteiger partial charge in [-0.25, -0.2) is 9.37 Å². The van der Waals surface area contributed by atoms with E-state index in [2.05, 4.69) is 20.3 Å². The molecule has 2 aromatic heterocycles. The molecule has 1 amide bonds. The lowest BCUT2D eigenvalue weighted by molar-refractivity contribution is 0.0946. The number of thiazole rings is 1. The Kier molecular flexibility index (Phi) is 3.78. The summed E-state index contributed by atoms with van der Waals surface area (Å²) in [5, 5.41) is 5.36. The first-order chi connectivity index (χ1) is 11.7. The summed E-state index contributed by atoms with van der Waals surface area (Å²) in [5.41, 5.74) is 2.07. The van der Waals surface area contributed by atoms with Gasteiger partial charge in [-0.3, -0.25) is 14.8 Å². The SMILES string of the molecule is O=C(NC1CC1c1ccc(F)cc1)c1csc(-c2cnccn2)n1. The number of carbonyl (C=O) groups is 1. The topological polar surface area (TPSA) is 67.8 Å².